The second-order valence-electron chi connectivity index (χ2n) is 0.559. The molecule has 0 saturated heterocycles. The number of carbonyl (C=O) groups excluding carboxylic acids is 1. The van der Waals surface area contributed by atoms with Gasteiger partial charge in [0.25, 0.3) is 0 Å². The standard InChI is InChI=1S/C2H2ClO.Al/c1-2(3)4;/h1H2;. The Bertz CT molecular complexity index is 44.9. The molecule has 0 aromatic carbocycles. The maximum atomic E-state index is 9.56. The van der Waals surface area contributed by atoms with Crippen molar-refractivity contribution in [2.45, 2.75) is 5.28 Å². The van der Waals surface area contributed by atoms with E-state index in [9.17, 15) is 4.79 Å². The highest BCUT2D eigenvalue weighted by Gasteiger charge is 1.80. The van der Waals surface area contributed by atoms with Gasteiger partial charge >= 0.3 is 0 Å². The fourth-order valence-corrected chi connectivity index (χ4v) is 0. The number of hydrogen-bond donors (Lipinski definition) is 0. The summed E-state index contributed by atoms with van der Waals surface area (Å²) in [7, 11) is 0. The summed E-state index contributed by atoms with van der Waals surface area (Å²) in [6.07, 6.45) is 0. The van der Waals surface area contributed by atoms with Crippen LogP contribution >= 0.6 is 11.6 Å². The molecule has 5 heavy (non-hydrogen) atoms. The Morgan fingerprint density at radius 1 is 2.00 bits per heavy atom. The van der Waals surface area contributed by atoms with E-state index in [1.807, 2.05) is 0 Å². The molecule has 0 atom stereocenters. The molecule has 0 saturated carbocycles. The predicted octanol–water partition coefficient (Wildman–Crippen LogP) is 0.339. The third kappa shape index (κ3) is 4.49. The fourth-order valence-electron chi connectivity index (χ4n) is 0. The Hall–Kier alpha value is 0.492. The Labute approximate surface area is 43.7 Å². The summed E-state index contributed by atoms with van der Waals surface area (Å²) >= 11 is 7.02. The molecule has 2 radical (unpaired) electrons. The highest BCUT2D eigenvalue weighted by molar-refractivity contribution is 6.66. The molecule has 0 spiro atoms. The molecule has 0 bridgehead atoms. The van der Waals surface area contributed by atoms with Gasteiger partial charge in [0.1, 0.15) is 16.3 Å². The van der Waals surface area contributed by atoms with Crippen molar-refractivity contribution in [3.05, 3.63) is 0 Å². The SMILES string of the molecule is O=C(Cl)[CH2][Al]. The minimum absolute atomic E-state index is 0.310. The van der Waals surface area contributed by atoms with Gasteiger partial charge in [0, 0.05) is 0 Å². The van der Waals surface area contributed by atoms with E-state index in [0.29, 0.717) is 5.28 Å². The summed E-state index contributed by atoms with van der Waals surface area (Å²) in [5, 5.41) is 0.0386. The van der Waals surface area contributed by atoms with Crippen LogP contribution in [-0.4, -0.2) is 21.5 Å². The highest BCUT2D eigenvalue weighted by atomic mass is 35.5. The molecular weight excluding hydrogens is 102 g/mol. The summed E-state index contributed by atoms with van der Waals surface area (Å²) in [6.45, 7) is 0. The Balaban J connectivity index is 2.85. The van der Waals surface area contributed by atoms with Crippen molar-refractivity contribution < 1.29 is 4.79 Å². The summed E-state index contributed by atoms with van der Waals surface area (Å²) in [6, 6.07) is 0. The van der Waals surface area contributed by atoms with Crippen LogP contribution in [0.4, 0.5) is 0 Å². The molecule has 0 heterocycles. The zero-order valence-corrected chi connectivity index (χ0v) is 4.48. The Morgan fingerprint density at radius 3 is 2.20 bits per heavy atom. The number of halogens is 1. The first-order valence-corrected chi connectivity index (χ1v) is 2.35. The van der Waals surface area contributed by atoms with E-state index in [1.165, 1.54) is 0 Å². The number of hydrogen-bond acceptors (Lipinski definition) is 1. The van der Waals surface area contributed by atoms with Gasteiger partial charge in [0.2, 0.25) is 5.24 Å². The highest BCUT2D eigenvalue weighted by Crippen LogP contribution is 1.79. The van der Waals surface area contributed by atoms with Gasteiger partial charge in [0.15, 0.2) is 0 Å². The maximum absolute atomic E-state index is 9.56. The van der Waals surface area contributed by atoms with Crippen LogP contribution in [0.3, 0.4) is 0 Å². The van der Waals surface area contributed by atoms with Gasteiger partial charge in [-0.05, 0) is 16.9 Å². The topological polar surface area (TPSA) is 17.1 Å². The van der Waals surface area contributed by atoms with Gasteiger partial charge < -0.3 is 0 Å². The first-order valence-electron chi connectivity index (χ1n) is 1.15. The zero-order valence-electron chi connectivity index (χ0n) is 2.57. The molecule has 0 aliphatic heterocycles. The van der Waals surface area contributed by atoms with Crippen LogP contribution in [0.5, 0.6) is 0 Å². The fraction of sp³-hybridized carbons (Fsp3) is 0.500. The molecule has 0 amide bonds. The normalized spacial score (nSPS) is 7.40. The second kappa shape index (κ2) is 2.72. The van der Waals surface area contributed by atoms with Crippen LogP contribution < -0.4 is 0 Å². The van der Waals surface area contributed by atoms with Crippen molar-refractivity contribution in [2.75, 3.05) is 0 Å². The largest absolute Gasteiger partial charge is 0.283 e. The van der Waals surface area contributed by atoms with Gasteiger partial charge in [-0.25, -0.2) is 0 Å². The quantitative estimate of drug-likeness (QED) is 0.346. The molecule has 0 aliphatic rings. The van der Waals surface area contributed by atoms with Gasteiger partial charge in [-0.2, -0.15) is 0 Å². The average molecular weight is 104 g/mol. The van der Waals surface area contributed by atoms with Crippen LogP contribution in [-0.2, 0) is 4.79 Å². The van der Waals surface area contributed by atoms with Crippen LogP contribution in [0.1, 0.15) is 0 Å². The number of rotatable bonds is 1. The van der Waals surface area contributed by atoms with Crippen LogP contribution in [0.25, 0.3) is 0 Å². The van der Waals surface area contributed by atoms with Crippen molar-refractivity contribution in [2.24, 2.45) is 0 Å². The minimum Gasteiger partial charge on any atom is -0.283 e. The van der Waals surface area contributed by atoms with Crippen molar-refractivity contribution in [3.63, 3.8) is 0 Å². The van der Waals surface area contributed by atoms with Gasteiger partial charge in [0.05, 0.1) is 0 Å². The summed E-state index contributed by atoms with van der Waals surface area (Å²) in [5.41, 5.74) is 0. The molecule has 0 rings (SSSR count). The van der Waals surface area contributed by atoms with Gasteiger partial charge in [-0.15, -0.1) is 0 Å². The van der Waals surface area contributed by atoms with E-state index < -0.39 is 0 Å². The van der Waals surface area contributed by atoms with E-state index in [0.717, 1.165) is 0 Å². The lowest BCUT2D eigenvalue weighted by Crippen LogP contribution is -1.78. The number of carbonyl (C=O) groups is 1. The molecule has 1 nitrogen and oxygen atoms in total. The lowest BCUT2D eigenvalue weighted by Gasteiger charge is -1.68. The van der Waals surface area contributed by atoms with Gasteiger partial charge in [-0.3, -0.25) is 4.79 Å². The minimum atomic E-state index is -0.310. The van der Waals surface area contributed by atoms with E-state index in [-0.39, 0.29) is 5.24 Å². The molecular formula is C2H2AlClO. The van der Waals surface area contributed by atoms with Crippen LogP contribution in [0, 0.1) is 0 Å². The smallest absolute Gasteiger partial charge is 0.206 e. The second-order valence-corrected chi connectivity index (χ2v) is 1.39. The molecule has 0 aromatic heterocycles. The third-order valence-corrected chi connectivity index (χ3v) is 0.944. The Morgan fingerprint density at radius 2 is 2.20 bits per heavy atom. The van der Waals surface area contributed by atoms with E-state index in [1.54, 1.807) is 0 Å². The molecule has 26 valence electrons. The van der Waals surface area contributed by atoms with E-state index >= 15 is 0 Å². The molecule has 3 heteroatoms. The third-order valence-electron chi connectivity index (χ3n) is 0.160. The van der Waals surface area contributed by atoms with Crippen LogP contribution in [0.15, 0.2) is 0 Å². The molecule has 0 unspecified atom stereocenters. The van der Waals surface area contributed by atoms with E-state index in [4.69, 9.17) is 11.6 Å². The lowest BCUT2D eigenvalue weighted by atomic mass is 10.9. The van der Waals surface area contributed by atoms with Crippen molar-refractivity contribution >= 4 is 33.1 Å². The molecule has 0 aliphatic carbocycles. The molecule has 0 N–H and O–H groups in total. The molecule has 0 aromatic rings. The van der Waals surface area contributed by atoms with Gasteiger partial charge in [-0.1, -0.05) is 0 Å². The predicted molar refractivity (Wildman–Crippen MR) is 21.4 cm³/mol. The first kappa shape index (κ1) is 5.49. The summed E-state index contributed by atoms with van der Waals surface area (Å²) in [4.78, 5) is 9.56. The average Bonchev–Trinajstić information content (AvgIpc) is 1.38. The maximum Gasteiger partial charge on any atom is 0.206 e. The molecule has 0 fully saturated rings. The Kier molecular flexibility index (Phi) is 2.98. The van der Waals surface area contributed by atoms with Crippen LogP contribution in [0.2, 0.25) is 5.28 Å². The summed E-state index contributed by atoms with van der Waals surface area (Å²) in [5.74, 6) is 0. The lowest BCUT2D eigenvalue weighted by molar-refractivity contribution is -0.109. The van der Waals surface area contributed by atoms with Crippen molar-refractivity contribution in [1.29, 1.82) is 0 Å². The first-order chi connectivity index (χ1) is 2.27. The zero-order chi connectivity index (χ0) is 4.28. The van der Waals surface area contributed by atoms with Crippen molar-refractivity contribution in [1.82, 2.24) is 0 Å². The monoisotopic (exact) mass is 104 g/mol. The summed E-state index contributed by atoms with van der Waals surface area (Å²) < 4.78 is 0. The van der Waals surface area contributed by atoms with Crippen molar-refractivity contribution in [3.8, 4) is 0 Å². The van der Waals surface area contributed by atoms with E-state index in [2.05, 4.69) is 16.3 Å².